The van der Waals surface area contributed by atoms with Gasteiger partial charge in [-0.1, -0.05) is 0 Å². The second-order valence-electron chi connectivity index (χ2n) is 3.86. The molecular formula is C9H14O4. The molecule has 4 heteroatoms. The average molecular weight is 186 g/mol. The minimum absolute atomic E-state index is 0.211. The number of rotatable bonds is 1. The molecule has 0 aliphatic carbocycles. The van der Waals surface area contributed by atoms with Crippen LogP contribution in [0.25, 0.3) is 0 Å². The monoisotopic (exact) mass is 186 g/mol. The Hall–Kier alpha value is -0.610. The summed E-state index contributed by atoms with van der Waals surface area (Å²) in [5.41, 5.74) is -0.635. The molecule has 0 aromatic carbocycles. The highest BCUT2D eigenvalue weighted by molar-refractivity contribution is 5.79. The quantitative estimate of drug-likeness (QED) is 0.565. The minimum atomic E-state index is -0.791. The highest BCUT2D eigenvalue weighted by Crippen LogP contribution is 2.44. The van der Waals surface area contributed by atoms with Gasteiger partial charge >= 0.3 is 5.97 Å². The van der Waals surface area contributed by atoms with Gasteiger partial charge in [-0.2, -0.15) is 0 Å². The predicted octanol–water partition coefficient (Wildman–Crippen LogP) is 0.703. The van der Waals surface area contributed by atoms with Crippen molar-refractivity contribution in [1.29, 1.82) is 0 Å². The van der Waals surface area contributed by atoms with E-state index in [1.165, 1.54) is 0 Å². The summed E-state index contributed by atoms with van der Waals surface area (Å²) in [6.45, 7) is 5.23. The van der Waals surface area contributed by atoms with Crippen molar-refractivity contribution in [3.05, 3.63) is 0 Å². The zero-order chi connectivity index (χ0) is 9.53. The number of hydrogen-bond acceptors (Lipinski definition) is 4. The van der Waals surface area contributed by atoms with Gasteiger partial charge in [0.05, 0.1) is 19.8 Å². The van der Waals surface area contributed by atoms with E-state index in [4.69, 9.17) is 14.2 Å². The summed E-state index contributed by atoms with van der Waals surface area (Å²) in [4.78, 5) is 11.5. The van der Waals surface area contributed by atoms with Crippen LogP contribution in [0, 0.1) is 5.41 Å². The van der Waals surface area contributed by atoms with Crippen molar-refractivity contribution in [2.75, 3.05) is 19.8 Å². The Morgan fingerprint density at radius 1 is 1.15 bits per heavy atom. The van der Waals surface area contributed by atoms with Crippen LogP contribution in [-0.2, 0) is 19.0 Å². The summed E-state index contributed by atoms with van der Waals surface area (Å²) < 4.78 is 15.9. The first-order chi connectivity index (χ1) is 6.08. The molecule has 13 heavy (non-hydrogen) atoms. The normalized spacial score (nSPS) is 37.8. The average Bonchev–Trinajstić information content (AvgIpc) is 2.63. The van der Waals surface area contributed by atoms with Crippen LogP contribution in [0.3, 0.4) is 0 Å². The van der Waals surface area contributed by atoms with E-state index in [-0.39, 0.29) is 5.97 Å². The minimum Gasteiger partial charge on any atom is -0.465 e. The Balaban J connectivity index is 2.26. The molecule has 0 amide bonds. The molecule has 0 aromatic rings. The molecule has 2 rings (SSSR count). The van der Waals surface area contributed by atoms with Crippen LogP contribution < -0.4 is 0 Å². The number of hydrogen-bond donors (Lipinski definition) is 0. The van der Waals surface area contributed by atoms with E-state index in [1.54, 1.807) is 0 Å². The third-order valence-electron chi connectivity index (χ3n) is 3.13. The SMILES string of the molecule is CC1(C2(C)CCOC2=O)OCCO1. The van der Waals surface area contributed by atoms with Gasteiger partial charge in [-0.05, 0) is 13.8 Å². The molecule has 0 spiro atoms. The fourth-order valence-corrected chi connectivity index (χ4v) is 1.85. The molecule has 0 N–H and O–H groups in total. The van der Waals surface area contributed by atoms with Crippen LogP contribution in [-0.4, -0.2) is 31.6 Å². The van der Waals surface area contributed by atoms with Crippen molar-refractivity contribution in [3.8, 4) is 0 Å². The Labute approximate surface area is 77.1 Å². The molecule has 0 radical (unpaired) electrons. The third-order valence-corrected chi connectivity index (χ3v) is 3.13. The molecule has 0 saturated carbocycles. The van der Waals surface area contributed by atoms with E-state index in [2.05, 4.69) is 0 Å². The van der Waals surface area contributed by atoms with Gasteiger partial charge in [0.1, 0.15) is 5.41 Å². The Kier molecular flexibility index (Phi) is 1.85. The van der Waals surface area contributed by atoms with Crippen LogP contribution in [0.2, 0.25) is 0 Å². The highest BCUT2D eigenvalue weighted by atomic mass is 16.7. The number of carbonyl (C=O) groups excluding carboxylic acids is 1. The Morgan fingerprint density at radius 3 is 2.23 bits per heavy atom. The lowest BCUT2D eigenvalue weighted by atomic mass is 9.80. The smallest absolute Gasteiger partial charge is 0.317 e. The first kappa shape index (κ1) is 8.97. The van der Waals surface area contributed by atoms with E-state index >= 15 is 0 Å². The van der Waals surface area contributed by atoms with Crippen molar-refractivity contribution in [3.63, 3.8) is 0 Å². The van der Waals surface area contributed by atoms with Crippen molar-refractivity contribution in [2.24, 2.45) is 5.41 Å². The molecule has 2 fully saturated rings. The summed E-state index contributed by atoms with van der Waals surface area (Å²) >= 11 is 0. The van der Waals surface area contributed by atoms with Gasteiger partial charge in [-0.15, -0.1) is 0 Å². The van der Waals surface area contributed by atoms with E-state index in [1.807, 2.05) is 13.8 Å². The molecule has 74 valence electrons. The Morgan fingerprint density at radius 2 is 1.77 bits per heavy atom. The van der Waals surface area contributed by atoms with Gasteiger partial charge in [-0.3, -0.25) is 4.79 Å². The standard InChI is InChI=1S/C9H14O4/c1-8(3-4-11-7(8)10)9(2)12-5-6-13-9/h3-6H2,1-2H3. The second kappa shape index (κ2) is 2.69. The molecule has 2 aliphatic heterocycles. The molecular weight excluding hydrogens is 172 g/mol. The first-order valence-electron chi connectivity index (χ1n) is 4.54. The summed E-state index contributed by atoms with van der Waals surface area (Å²) in [5.74, 6) is -1.00. The van der Waals surface area contributed by atoms with E-state index in [0.29, 0.717) is 26.2 Å². The lowest BCUT2D eigenvalue weighted by Gasteiger charge is -2.35. The van der Waals surface area contributed by atoms with Gasteiger partial charge in [0, 0.05) is 6.42 Å². The van der Waals surface area contributed by atoms with Crippen LogP contribution in [0.1, 0.15) is 20.3 Å². The van der Waals surface area contributed by atoms with Crippen molar-refractivity contribution in [2.45, 2.75) is 26.1 Å². The molecule has 0 bridgehead atoms. The van der Waals surface area contributed by atoms with Gasteiger partial charge < -0.3 is 14.2 Å². The van der Waals surface area contributed by atoms with E-state index in [9.17, 15) is 4.79 Å². The van der Waals surface area contributed by atoms with E-state index < -0.39 is 11.2 Å². The second-order valence-corrected chi connectivity index (χ2v) is 3.86. The fourth-order valence-electron chi connectivity index (χ4n) is 1.85. The number of esters is 1. The maximum Gasteiger partial charge on any atom is 0.317 e. The maximum atomic E-state index is 11.5. The van der Waals surface area contributed by atoms with Gasteiger partial charge in [-0.25, -0.2) is 0 Å². The maximum absolute atomic E-state index is 11.5. The molecule has 2 aliphatic rings. The van der Waals surface area contributed by atoms with E-state index in [0.717, 1.165) is 0 Å². The van der Waals surface area contributed by atoms with Crippen LogP contribution in [0.4, 0.5) is 0 Å². The molecule has 0 aromatic heterocycles. The largest absolute Gasteiger partial charge is 0.465 e. The predicted molar refractivity (Wildman–Crippen MR) is 44.0 cm³/mol. The molecule has 2 heterocycles. The summed E-state index contributed by atoms with van der Waals surface area (Å²) in [7, 11) is 0. The topological polar surface area (TPSA) is 44.8 Å². The zero-order valence-corrected chi connectivity index (χ0v) is 7.96. The first-order valence-corrected chi connectivity index (χ1v) is 4.54. The summed E-state index contributed by atoms with van der Waals surface area (Å²) in [6.07, 6.45) is 0.669. The highest BCUT2D eigenvalue weighted by Gasteiger charge is 2.57. The zero-order valence-electron chi connectivity index (χ0n) is 7.96. The van der Waals surface area contributed by atoms with Crippen molar-refractivity contribution >= 4 is 5.97 Å². The van der Waals surface area contributed by atoms with Gasteiger partial charge in [0.25, 0.3) is 0 Å². The molecule has 2 saturated heterocycles. The van der Waals surface area contributed by atoms with Crippen molar-refractivity contribution < 1.29 is 19.0 Å². The Bertz CT molecular complexity index is 232. The molecule has 1 unspecified atom stereocenters. The van der Waals surface area contributed by atoms with Gasteiger partial charge in [0.15, 0.2) is 5.79 Å². The van der Waals surface area contributed by atoms with Gasteiger partial charge in [0.2, 0.25) is 0 Å². The number of ether oxygens (including phenoxy) is 3. The van der Waals surface area contributed by atoms with Crippen LogP contribution in [0.15, 0.2) is 0 Å². The van der Waals surface area contributed by atoms with Crippen LogP contribution in [0.5, 0.6) is 0 Å². The number of cyclic esters (lactones) is 1. The fraction of sp³-hybridized carbons (Fsp3) is 0.889. The summed E-state index contributed by atoms with van der Waals surface area (Å²) in [6, 6.07) is 0. The number of carbonyl (C=O) groups is 1. The molecule has 4 nitrogen and oxygen atoms in total. The summed E-state index contributed by atoms with van der Waals surface area (Å²) in [5, 5.41) is 0. The lowest BCUT2D eigenvalue weighted by molar-refractivity contribution is -0.218. The third kappa shape index (κ3) is 1.09. The van der Waals surface area contributed by atoms with Crippen molar-refractivity contribution in [1.82, 2.24) is 0 Å². The van der Waals surface area contributed by atoms with Crippen LogP contribution >= 0.6 is 0 Å². The molecule has 1 atom stereocenters. The lowest BCUT2D eigenvalue weighted by Crippen LogP contribution is -2.48.